The molecule has 4 rings (SSSR count). The molecule has 1 fully saturated rings. The Hall–Kier alpha value is -2.88. The summed E-state index contributed by atoms with van der Waals surface area (Å²) in [5, 5.41) is 20.4. The molecule has 2 heterocycles. The molecule has 0 bridgehead atoms. The monoisotopic (exact) mass is 391 g/mol. The van der Waals surface area contributed by atoms with E-state index < -0.39 is 17.7 Å². The third-order valence-electron chi connectivity index (χ3n) is 5.76. The summed E-state index contributed by atoms with van der Waals surface area (Å²) >= 11 is 0. The average molecular weight is 391 g/mol. The second-order valence-corrected chi connectivity index (χ2v) is 8.24. The molecule has 0 radical (unpaired) electrons. The molecule has 6 heteroatoms. The van der Waals surface area contributed by atoms with Crippen LogP contribution in [0.3, 0.4) is 0 Å². The van der Waals surface area contributed by atoms with Crippen LogP contribution in [-0.2, 0) is 11.3 Å². The van der Waals surface area contributed by atoms with Crippen LogP contribution in [0.25, 0.3) is 0 Å². The van der Waals surface area contributed by atoms with Crippen LogP contribution in [-0.4, -0.2) is 52.2 Å². The van der Waals surface area contributed by atoms with Gasteiger partial charge in [-0.2, -0.15) is 5.26 Å². The molecule has 2 aromatic rings. The van der Waals surface area contributed by atoms with Crippen LogP contribution in [0.15, 0.2) is 48.5 Å². The van der Waals surface area contributed by atoms with Crippen molar-refractivity contribution in [2.75, 3.05) is 19.6 Å². The van der Waals surface area contributed by atoms with E-state index in [0.29, 0.717) is 30.0 Å². The van der Waals surface area contributed by atoms with Gasteiger partial charge in [-0.25, -0.2) is 0 Å². The Kier molecular flexibility index (Phi) is 5.03. The van der Waals surface area contributed by atoms with Gasteiger partial charge < -0.3 is 14.7 Å². The summed E-state index contributed by atoms with van der Waals surface area (Å²) in [6.07, 6.45) is -0.895. The largest absolute Gasteiger partial charge is 0.485 e. The van der Waals surface area contributed by atoms with E-state index in [1.165, 1.54) is 5.56 Å². The normalized spacial score (nSPS) is 23.8. The van der Waals surface area contributed by atoms with Crippen LogP contribution in [0.4, 0.5) is 0 Å². The summed E-state index contributed by atoms with van der Waals surface area (Å²) in [6, 6.07) is 16.9. The molecule has 1 amide bonds. The molecule has 6 nitrogen and oxygen atoms in total. The fourth-order valence-electron chi connectivity index (χ4n) is 4.18. The number of aliphatic hydroxyl groups is 1. The van der Waals surface area contributed by atoms with Gasteiger partial charge >= 0.3 is 0 Å². The van der Waals surface area contributed by atoms with Gasteiger partial charge in [0.25, 0.3) is 0 Å². The molecule has 2 atom stereocenters. The van der Waals surface area contributed by atoms with E-state index >= 15 is 0 Å². The van der Waals surface area contributed by atoms with E-state index in [9.17, 15) is 15.2 Å². The van der Waals surface area contributed by atoms with Crippen molar-refractivity contribution >= 4 is 5.91 Å². The highest BCUT2D eigenvalue weighted by atomic mass is 16.5. The van der Waals surface area contributed by atoms with Gasteiger partial charge in [0, 0.05) is 25.2 Å². The Morgan fingerprint density at radius 3 is 2.66 bits per heavy atom. The number of carbonyl (C=O) groups excluding carboxylic acids is 1. The highest BCUT2D eigenvalue weighted by Crippen LogP contribution is 2.43. The van der Waals surface area contributed by atoms with Gasteiger partial charge in [0.2, 0.25) is 5.91 Å². The minimum atomic E-state index is -0.895. The summed E-state index contributed by atoms with van der Waals surface area (Å²) in [5.41, 5.74) is 1.51. The van der Waals surface area contributed by atoms with Crippen LogP contribution < -0.4 is 4.74 Å². The molecule has 2 aliphatic rings. The zero-order valence-corrected chi connectivity index (χ0v) is 16.7. The first kappa shape index (κ1) is 19.4. The number of nitriles is 1. The molecule has 150 valence electrons. The predicted octanol–water partition coefficient (Wildman–Crippen LogP) is 2.48. The third kappa shape index (κ3) is 3.71. The van der Waals surface area contributed by atoms with Crippen LogP contribution >= 0.6 is 0 Å². The maximum atomic E-state index is 13.1. The summed E-state index contributed by atoms with van der Waals surface area (Å²) in [5.74, 6) is 0.589. The van der Waals surface area contributed by atoms with E-state index in [4.69, 9.17) is 4.74 Å². The smallest absolute Gasteiger partial charge is 0.237 e. The lowest BCUT2D eigenvalue weighted by Gasteiger charge is -2.48. The Morgan fingerprint density at radius 1 is 1.21 bits per heavy atom. The zero-order chi connectivity index (χ0) is 20.6. The van der Waals surface area contributed by atoms with Gasteiger partial charge in [0.1, 0.15) is 17.5 Å². The summed E-state index contributed by atoms with van der Waals surface area (Å²) in [7, 11) is 0. The van der Waals surface area contributed by atoms with Gasteiger partial charge in [-0.1, -0.05) is 30.3 Å². The minimum Gasteiger partial charge on any atom is -0.485 e. The van der Waals surface area contributed by atoms with Crippen molar-refractivity contribution < 1.29 is 14.6 Å². The van der Waals surface area contributed by atoms with Gasteiger partial charge in [0.05, 0.1) is 24.2 Å². The van der Waals surface area contributed by atoms with Crippen LogP contribution in [0.1, 0.15) is 36.6 Å². The molecule has 29 heavy (non-hydrogen) atoms. The molecule has 0 spiro atoms. The van der Waals surface area contributed by atoms with Crippen molar-refractivity contribution in [3.63, 3.8) is 0 Å². The lowest BCUT2D eigenvalue weighted by atomic mass is 9.84. The van der Waals surface area contributed by atoms with Gasteiger partial charge in [-0.15, -0.1) is 0 Å². The quantitative estimate of drug-likeness (QED) is 0.870. The maximum absolute atomic E-state index is 13.1. The zero-order valence-electron chi connectivity index (χ0n) is 16.7. The first-order valence-corrected chi connectivity index (χ1v) is 9.86. The second-order valence-electron chi connectivity index (χ2n) is 8.24. The number of benzene rings is 2. The third-order valence-corrected chi connectivity index (χ3v) is 5.76. The highest BCUT2D eigenvalue weighted by molar-refractivity contribution is 5.80. The Balaban J connectivity index is 1.59. The first-order valence-electron chi connectivity index (χ1n) is 9.86. The minimum absolute atomic E-state index is 0.0257. The number of piperazine rings is 1. The molecule has 2 aliphatic heterocycles. The van der Waals surface area contributed by atoms with Gasteiger partial charge in [-0.3, -0.25) is 9.69 Å². The molecule has 0 aliphatic carbocycles. The molecule has 1 N–H and O–H groups in total. The number of fused-ring (bicyclic) bond motifs is 1. The van der Waals surface area contributed by atoms with Crippen molar-refractivity contribution in [2.24, 2.45) is 0 Å². The average Bonchev–Trinajstić information content (AvgIpc) is 2.70. The van der Waals surface area contributed by atoms with Crippen LogP contribution in [0.5, 0.6) is 5.75 Å². The number of amides is 1. The molecule has 2 aromatic carbocycles. The SMILES string of the molecule is CC1(C)Oc2ccc(C#N)cc2C(N2CCN(Cc3ccccc3)CC2=O)[C@@H]1O. The van der Waals surface area contributed by atoms with E-state index in [1.54, 1.807) is 23.1 Å². The number of carbonyl (C=O) groups is 1. The number of hydrogen-bond acceptors (Lipinski definition) is 5. The van der Waals surface area contributed by atoms with Crippen molar-refractivity contribution in [1.82, 2.24) is 9.80 Å². The van der Waals surface area contributed by atoms with Gasteiger partial charge in [-0.05, 0) is 37.6 Å². The number of aliphatic hydroxyl groups excluding tert-OH is 1. The van der Waals surface area contributed by atoms with Crippen LogP contribution in [0.2, 0.25) is 0 Å². The van der Waals surface area contributed by atoms with E-state index in [2.05, 4.69) is 23.1 Å². The maximum Gasteiger partial charge on any atom is 0.237 e. The van der Waals surface area contributed by atoms with Crippen molar-refractivity contribution in [2.45, 2.75) is 38.1 Å². The molecule has 1 saturated heterocycles. The number of hydrogen-bond donors (Lipinski definition) is 1. The predicted molar refractivity (Wildman–Crippen MR) is 108 cm³/mol. The lowest BCUT2D eigenvalue weighted by molar-refractivity contribution is -0.150. The number of nitrogens with zero attached hydrogens (tertiary/aromatic N) is 3. The fraction of sp³-hybridized carbons (Fsp3) is 0.391. The molecular formula is C23H25N3O3. The van der Waals surface area contributed by atoms with E-state index in [0.717, 1.165) is 13.1 Å². The van der Waals surface area contributed by atoms with Gasteiger partial charge in [0.15, 0.2) is 0 Å². The van der Waals surface area contributed by atoms with Crippen molar-refractivity contribution in [1.29, 1.82) is 5.26 Å². The van der Waals surface area contributed by atoms with E-state index in [-0.39, 0.29) is 5.91 Å². The molecule has 0 saturated carbocycles. The molecular weight excluding hydrogens is 366 g/mol. The number of rotatable bonds is 3. The summed E-state index contributed by atoms with van der Waals surface area (Å²) in [4.78, 5) is 17.0. The van der Waals surface area contributed by atoms with Crippen molar-refractivity contribution in [3.8, 4) is 11.8 Å². The standard InChI is InChI=1S/C23H25N3O3/c1-23(2)22(28)21(18-12-17(13-24)8-9-19(18)29-23)26-11-10-25(15-20(26)27)14-16-6-4-3-5-7-16/h3-9,12,21-22,28H,10-11,14-15H2,1-2H3/t21?,22-/m0/s1. The van der Waals surface area contributed by atoms with Crippen molar-refractivity contribution in [3.05, 3.63) is 65.2 Å². The second kappa shape index (κ2) is 7.51. The Morgan fingerprint density at radius 2 is 1.97 bits per heavy atom. The Labute approximate surface area is 170 Å². The number of ether oxygens (including phenoxy) is 1. The first-order chi connectivity index (χ1) is 13.9. The van der Waals surface area contributed by atoms with Crippen LogP contribution in [0, 0.1) is 11.3 Å². The Bertz CT molecular complexity index is 952. The van der Waals surface area contributed by atoms with E-state index in [1.807, 2.05) is 32.0 Å². The fourth-order valence-corrected chi connectivity index (χ4v) is 4.18. The summed E-state index contributed by atoms with van der Waals surface area (Å²) < 4.78 is 5.98. The highest BCUT2D eigenvalue weighted by Gasteiger charge is 2.47. The molecule has 1 unspecified atom stereocenters. The summed E-state index contributed by atoms with van der Waals surface area (Å²) in [6.45, 7) is 5.89. The lowest BCUT2D eigenvalue weighted by Crippen LogP contribution is -2.59. The molecule has 0 aromatic heterocycles. The topological polar surface area (TPSA) is 76.8 Å².